The average Bonchev–Trinajstić information content (AvgIpc) is 3.15. The molecule has 1 atom stereocenters. The zero-order valence-electron chi connectivity index (χ0n) is 14.8. The van der Waals surface area contributed by atoms with E-state index in [9.17, 15) is 19.7 Å². The molecular formula is C18H12BrN5O4S. The monoisotopic (exact) mass is 473 g/mol. The molecule has 2 heterocycles. The molecule has 2 amide bonds. The first-order valence-electron chi connectivity index (χ1n) is 8.37. The topological polar surface area (TPSA) is 117 Å². The molecule has 29 heavy (non-hydrogen) atoms. The van der Waals surface area contributed by atoms with Gasteiger partial charge in [0.05, 0.1) is 21.5 Å². The van der Waals surface area contributed by atoms with Crippen molar-refractivity contribution < 1.29 is 14.5 Å². The third kappa shape index (κ3) is 3.54. The lowest BCUT2D eigenvalue weighted by molar-refractivity contribution is -0.384. The number of hydrogen-bond donors (Lipinski definition) is 1. The molecule has 0 spiro atoms. The number of thioether (sulfide) groups is 1. The number of rotatable bonds is 3. The van der Waals surface area contributed by atoms with Crippen molar-refractivity contribution in [3.63, 3.8) is 0 Å². The van der Waals surface area contributed by atoms with Crippen molar-refractivity contribution >= 4 is 67.4 Å². The molecular weight excluding hydrogens is 462 g/mol. The molecule has 2 aromatic carbocycles. The van der Waals surface area contributed by atoms with Crippen LogP contribution in [0.15, 0.2) is 57.1 Å². The van der Waals surface area contributed by atoms with Gasteiger partial charge in [-0.25, -0.2) is 0 Å². The van der Waals surface area contributed by atoms with E-state index in [1.54, 1.807) is 31.2 Å². The van der Waals surface area contributed by atoms with Crippen LogP contribution in [0.1, 0.15) is 12.5 Å². The minimum Gasteiger partial charge on any atom is -0.320 e. The quantitative estimate of drug-likeness (QED) is 0.540. The fraction of sp³-hybridized carbons (Fsp3) is 0.111. The Morgan fingerprint density at radius 2 is 1.90 bits per heavy atom. The first-order chi connectivity index (χ1) is 13.8. The normalized spacial score (nSPS) is 21.0. The summed E-state index contributed by atoms with van der Waals surface area (Å²) in [6, 6.07) is 11.2. The predicted octanol–water partition coefficient (Wildman–Crippen LogP) is 3.54. The first kappa shape index (κ1) is 19.3. The highest BCUT2D eigenvalue weighted by molar-refractivity contribution is 9.10. The molecule has 2 aromatic rings. The number of nitro benzene ring substituents is 1. The maximum absolute atomic E-state index is 12.6. The number of amidine groups is 1. The number of nitrogens with one attached hydrogen (secondary N) is 1. The first-order valence-corrected chi connectivity index (χ1v) is 10.0. The van der Waals surface area contributed by atoms with Gasteiger partial charge >= 0.3 is 0 Å². The Balaban J connectivity index is 1.74. The Morgan fingerprint density at radius 1 is 1.17 bits per heavy atom. The van der Waals surface area contributed by atoms with E-state index >= 15 is 0 Å². The number of carbonyl (C=O) groups excluding carboxylic acids is 2. The number of benzene rings is 2. The molecule has 1 saturated heterocycles. The summed E-state index contributed by atoms with van der Waals surface area (Å²) >= 11 is 4.58. The van der Waals surface area contributed by atoms with Gasteiger partial charge in [-0.1, -0.05) is 27.7 Å². The molecule has 0 saturated carbocycles. The summed E-state index contributed by atoms with van der Waals surface area (Å²) in [5.41, 5.74) is 1.15. The van der Waals surface area contributed by atoms with Gasteiger partial charge in [0.25, 0.3) is 11.6 Å². The van der Waals surface area contributed by atoms with Gasteiger partial charge in [-0.05, 0) is 37.3 Å². The van der Waals surface area contributed by atoms with Gasteiger partial charge in [-0.3, -0.25) is 24.6 Å². The van der Waals surface area contributed by atoms with Crippen LogP contribution in [0.4, 0.5) is 17.1 Å². The van der Waals surface area contributed by atoms with Crippen molar-refractivity contribution in [3.8, 4) is 0 Å². The fourth-order valence-electron chi connectivity index (χ4n) is 2.88. The minimum atomic E-state index is -0.547. The molecule has 2 aliphatic rings. The molecule has 1 unspecified atom stereocenters. The minimum absolute atomic E-state index is 0.0421. The van der Waals surface area contributed by atoms with Gasteiger partial charge in [0.2, 0.25) is 5.91 Å². The molecule has 146 valence electrons. The zero-order chi connectivity index (χ0) is 20.7. The van der Waals surface area contributed by atoms with Crippen molar-refractivity contribution in [2.45, 2.75) is 12.2 Å². The van der Waals surface area contributed by atoms with E-state index in [0.29, 0.717) is 22.1 Å². The summed E-state index contributed by atoms with van der Waals surface area (Å²) in [5.74, 6) is -0.661. The van der Waals surface area contributed by atoms with Crippen molar-refractivity contribution in [2.75, 3.05) is 10.2 Å². The summed E-state index contributed by atoms with van der Waals surface area (Å²) in [4.78, 5) is 36.8. The lowest BCUT2D eigenvalue weighted by atomic mass is 10.1. The van der Waals surface area contributed by atoms with Crippen molar-refractivity contribution in [3.05, 3.63) is 62.6 Å². The Hall–Kier alpha value is -3.05. The van der Waals surface area contributed by atoms with Crippen LogP contribution in [0.2, 0.25) is 0 Å². The van der Waals surface area contributed by atoms with Gasteiger partial charge in [-0.2, -0.15) is 0 Å². The third-order valence-corrected chi connectivity index (χ3v) is 5.85. The largest absolute Gasteiger partial charge is 0.320 e. The molecule has 4 rings (SSSR count). The van der Waals surface area contributed by atoms with Gasteiger partial charge in [-0.15, -0.1) is 10.2 Å². The molecule has 1 fully saturated rings. The predicted molar refractivity (Wildman–Crippen MR) is 114 cm³/mol. The van der Waals surface area contributed by atoms with Gasteiger partial charge in [0.15, 0.2) is 10.9 Å². The Morgan fingerprint density at radius 3 is 2.59 bits per heavy atom. The zero-order valence-corrected chi connectivity index (χ0v) is 17.2. The second-order valence-electron chi connectivity index (χ2n) is 6.18. The summed E-state index contributed by atoms with van der Waals surface area (Å²) < 4.78 is 0.869. The number of nitro groups is 1. The second kappa shape index (κ2) is 7.41. The van der Waals surface area contributed by atoms with Crippen LogP contribution in [-0.4, -0.2) is 32.9 Å². The van der Waals surface area contributed by atoms with Crippen molar-refractivity contribution in [2.24, 2.45) is 10.2 Å². The number of hydrogen-bond acceptors (Lipinski definition) is 7. The fourth-order valence-corrected chi connectivity index (χ4v) is 4.06. The number of carbonyl (C=O) groups is 2. The van der Waals surface area contributed by atoms with Crippen LogP contribution in [0.3, 0.4) is 0 Å². The molecule has 0 aromatic heterocycles. The third-order valence-electron chi connectivity index (χ3n) is 4.29. The van der Waals surface area contributed by atoms with Crippen LogP contribution in [-0.2, 0) is 9.59 Å². The summed E-state index contributed by atoms with van der Waals surface area (Å²) in [6.45, 7) is 1.76. The highest BCUT2D eigenvalue weighted by Gasteiger charge is 2.37. The van der Waals surface area contributed by atoms with Crippen molar-refractivity contribution in [1.29, 1.82) is 0 Å². The lowest BCUT2D eigenvalue weighted by Gasteiger charge is -2.15. The number of fused-ring (bicyclic) bond motifs is 1. The molecule has 9 nitrogen and oxygen atoms in total. The Bertz CT molecular complexity index is 1120. The van der Waals surface area contributed by atoms with Crippen LogP contribution in [0.25, 0.3) is 0 Å². The van der Waals surface area contributed by atoms with Crippen LogP contribution < -0.4 is 10.2 Å². The van der Waals surface area contributed by atoms with E-state index in [-0.39, 0.29) is 22.6 Å². The maximum atomic E-state index is 12.6. The summed E-state index contributed by atoms with van der Waals surface area (Å²) in [6.07, 6.45) is 0. The smallest absolute Gasteiger partial charge is 0.276 e. The Kier molecular flexibility index (Phi) is 4.92. The van der Waals surface area contributed by atoms with E-state index < -0.39 is 10.8 Å². The molecule has 0 bridgehead atoms. The number of halogens is 1. The summed E-state index contributed by atoms with van der Waals surface area (Å²) in [7, 11) is 0. The van der Waals surface area contributed by atoms with Crippen molar-refractivity contribution in [1.82, 2.24) is 0 Å². The number of non-ortho nitro benzene ring substituents is 1. The molecule has 2 aliphatic heterocycles. The molecule has 11 heteroatoms. The van der Waals surface area contributed by atoms with Crippen LogP contribution >= 0.6 is 27.7 Å². The summed E-state index contributed by atoms with van der Waals surface area (Å²) in [5, 5.41) is 21.8. The van der Waals surface area contributed by atoms with Gasteiger partial charge in [0.1, 0.15) is 0 Å². The highest BCUT2D eigenvalue weighted by atomic mass is 79.9. The van der Waals surface area contributed by atoms with Gasteiger partial charge in [0, 0.05) is 22.2 Å². The van der Waals surface area contributed by atoms with E-state index in [1.165, 1.54) is 34.9 Å². The molecule has 1 N–H and O–H groups in total. The Labute approximate surface area is 177 Å². The molecule has 0 aliphatic carbocycles. The van der Waals surface area contributed by atoms with Crippen LogP contribution in [0.5, 0.6) is 0 Å². The second-order valence-corrected chi connectivity index (χ2v) is 8.41. The maximum Gasteiger partial charge on any atom is 0.276 e. The SMILES string of the molecule is CC1S/C(=N/N=C2C(=O)Nc3ccc([N+](=O)[O-])cc32)N(c2ccc(Br)cc2)C1=O. The highest BCUT2D eigenvalue weighted by Crippen LogP contribution is 2.33. The number of anilines is 2. The van der Waals surface area contributed by atoms with E-state index in [4.69, 9.17) is 0 Å². The van der Waals surface area contributed by atoms with E-state index in [2.05, 4.69) is 31.4 Å². The van der Waals surface area contributed by atoms with Gasteiger partial charge < -0.3 is 5.32 Å². The van der Waals surface area contributed by atoms with Crippen LogP contribution in [0, 0.1) is 10.1 Å². The number of amides is 2. The standard InChI is InChI=1S/C18H12BrN5O4S/c1-9-17(26)23(11-4-2-10(19)3-5-11)18(29-9)22-21-15-13-8-12(24(27)28)6-7-14(13)20-16(15)25/h2-9H,1H3,(H,20,21,25)/b22-18+. The number of nitrogens with zero attached hydrogens (tertiary/aromatic N) is 4. The average molecular weight is 474 g/mol. The lowest BCUT2D eigenvalue weighted by Crippen LogP contribution is -2.31. The molecule has 0 radical (unpaired) electrons. The van der Waals surface area contributed by atoms with E-state index in [1.807, 2.05) is 0 Å². The van der Waals surface area contributed by atoms with E-state index in [0.717, 1.165) is 4.47 Å².